The van der Waals surface area contributed by atoms with Gasteiger partial charge in [-0.05, 0) is 31.5 Å². The highest BCUT2D eigenvalue weighted by atomic mass is 79.9. The molecule has 0 amide bonds. The SMILES string of the molecule is Cc1nn(C)c(OCCCBr)c1C(=O)c1ccc(Cl)cc1Cl. The van der Waals surface area contributed by atoms with E-state index in [2.05, 4.69) is 21.0 Å². The van der Waals surface area contributed by atoms with Crippen LogP contribution in [0.3, 0.4) is 0 Å². The van der Waals surface area contributed by atoms with Gasteiger partial charge in [0, 0.05) is 23.0 Å². The van der Waals surface area contributed by atoms with Crippen LogP contribution in [0.4, 0.5) is 0 Å². The Labute approximate surface area is 147 Å². The van der Waals surface area contributed by atoms with Crippen molar-refractivity contribution in [3.8, 4) is 5.88 Å². The second-order valence-corrected chi connectivity index (χ2v) is 6.37. The number of hydrogen-bond acceptors (Lipinski definition) is 3. The Morgan fingerprint density at radius 1 is 1.41 bits per heavy atom. The van der Waals surface area contributed by atoms with Gasteiger partial charge in [-0.25, -0.2) is 4.68 Å². The van der Waals surface area contributed by atoms with Crippen molar-refractivity contribution in [1.82, 2.24) is 9.78 Å². The van der Waals surface area contributed by atoms with Crippen molar-refractivity contribution < 1.29 is 9.53 Å². The highest BCUT2D eigenvalue weighted by Crippen LogP contribution is 2.29. The summed E-state index contributed by atoms with van der Waals surface area (Å²) < 4.78 is 7.29. The number of carbonyl (C=O) groups excluding carboxylic acids is 1. The molecule has 1 aromatic heterocycles. The molecule has 0 unspecified atom stereocenters. The van der Waals surface area contributed by atoms with Crippen molar-refractivity contribution in [2.24, 2.45) is 7.05 Å². The molecule has 1 heterocycles. The van der Waals surface area contributed by atoms with Crippen LogP contribution in [-0.2, 0) is 7.05 Å². The third-order valence-electron chi connectivity index (χ3n) is 3.09. The summed E-state index contributed by atoms with van der Waals surface area (Å²) in [5.41, 5.74) is 1.42. The molecule has 0 aliphatic carbocycles. The summed E-state index contributed by atoms with van der Waals surface area (Å²) in [5.74, 6) is 0.232. The van der Waals surface area contributed by atoms with Crippen molar-refractivity contribution in [2.75, 3.05) is 11.9 Å². The number of aromatic nitrogens is 2. The lowest BCUT2D eigenvalue weighted by molar-refractivity contribution is 0.103. The van der Waals surface area contributed by atoms with Gasteiger partial charge in [0.05, 0.1) is 17.3 Å². The smallest absolute Gasteiger partial charge is 0.223 e. The number of carbonyl (C=O) groups is 1. The van der Waals surface area contributed by atoms with Gasteiger partial charge in [0.25, 0.3) is 0 Å². The van der Waals surface area contributed by atoms with Gasteiger partial charge in [0.15, 0.2) is 0 Å². The Morgan fingerprint density at radius 3 is 2.77 bits per heavy atom. The average Bonchev–Trinajstić information content (AvgIpc) is 2.73. The summed E-state index contributed by atoms with van der Waals surface area (Å²) in [6, 6.07) is 4.80. The summed E-state index contributed by atoms with van der Waals surface area (Å²) >= 11 is 15.4. The van der Waals surface area contributed by atoms with Crippen molar-refractivity contribution >= 4 is 44.9 Å². The number of aryl methyl sites for hydroxylation is 2. The second-order valence-electron chi connectivity index (χ2n) is 4.73. The lowest BCUT2D eigenvalue weighted by Gasteiger charge is -2.09. The van der Waals surface area contributed by atoms with Gasteiger partial charge in [-0.1, -0.05) is 39.1 Å². The van der Waals surface area contributed by atoms with Crippen LogP contribution in [0, 0.1) is 6.92 Å². The normalized spacial score (nSPS) is 10.8. The third-order valence-corrected chi connectivity index (χ3v) is 4.20. The Bertz CT molecular complexity index is 701. The molecule has 4 nitrogen and oxygen atoms in total. The van der Waals surface area contributed by atoms with Crippen LogP contribution in [0.15, 0.2) is 18.2 Å². The third kappa shape index (κ3) is 3.65. The van der Waals surface area contributed by atoms with Gasteiger partial charge < -0.3 is 4.74 Å². The molecular weight excluding hydrogens is 391 g/mol. The second kappa shape index (κ2) is 7.49. The number of halogens is 3. The molecule has 118 valence electrons. The lowest BCUT2D eigenvalue weighted by Crippen LogP contribution is -2.09. The van der Waals surface area contributed by atoms with Crippen molar-refractivity contribution in [3.05, 3.63) is 45.1 Å². The molecule has 0 spiro atoms. The van der Waals surface area contributed by atoms with Gasteiger partial charge >= 0.3 is 0 Å². The Kier molecular flexibility index (Phi) is 5.89. The van der Waals surface area contributed by atoms with Crippen LogP contribution in [0.2, 0.25) is 10.0 Å². The molecule has 0 radical (unpaired) electrons. The standard InChI is InChI=1S/C15H15BrCl2N2O2/c1-9-13(15(20(2)19-9)22-7-3-6-16)14(21)11-5-4-10(17)8-12(11)18/h4-5,8H,3,6-7H2,1-2H3. The molecule has 0 aliphatic rings. The fourth-order valence-corrected chi connectivity index (χ4v) is 2.82. The number of rotatable bonds is 6. The zero-order valence-electron chi connectivity index (χ0n) is 12.2. The van der Waals surface area contributed by atoms with E-state index in [9.17, 15) is 4.79 Å². The predicted octanol–water partition coefficient (Wildman–Crippen LogP) is 4.43. The van der Waals surface area contributed by atoms with E-state index in [4.69, 9.17) is 27.9 Å². The maximum Gasteiger partial charge on any atom is 0.223 e. The summed E-state index contributed by atoms with van der Waals surface area (Å²) in [6.45, 7) is 2.27. The number of nitrogens with zero attached hydrogens (tertiary/aromatic N) is 2. The number of ether oxygens (including phenoxy) is 1. The molecule has 0 N–H and O–H groups in total. The first-order valence-electron chi connectivity index (χ1n) is 6.67. The Morgan fingerprint density at radius 2 is 2.14 bits per heavy atom. The van der Waals surface area contributed by atoms with Crippen LogP contribution < -0.4 is 4.74 Å². The van der Waals surface area contributed by atoms with E-state index in [-0.39, 0.29) is 5.78 Å². The van der Waals surface area contributed by atoms with E-state index in [1.54, 1.807) is 36.9 Å². The lowest BCUT2D eigenvalue weighted by atomic mass is 10.0. The summed E-state index contributed by atoms with van der Waals surface area (Å²) in [7, 11) is 1.75. The first kappa shape index (κ1) is 17.3. The highest BCUT2D eigenvalue weighted by molar-refractivity contribution is 9.09. The molecule has 0 fully saturated rings. The maximum absolute atomic E-state index is 12.8. The molecule has 0 saturated carbocycles. The molecule has 0 atom stereocenters. The quantitative estimate of drug-likeness (QED) is 0.405. The molecule has 1 aromatic carbocycles. The molecule has 0 bridgehead atoms. The zero-order chi connectivity index (χ0) is 16.3. The largest absolute Gasteiger partial charge is 0.477 e. The van der Waals surface area contributed by atoms with Crippen LogP contribution in [0.25, 0.3) is 0 Å². The van der Waals surface area contributed by atoms with Crippen LogP contribution >= 0.6 is 39.1 Å². The zero-order valence-corrected chi connectivity index (χ0v) is 15.3. The van der Waals surface area contributed by atoms with E-state index in [0.29, 0.717) is 39.4 Å². The van der Waals surface area contributed by atoms with Crippen LogP contribution in [0.1, 0.15) is 28.0 Å². The number of ketones is 1. The summed E-state index contributed by atoms with van der Waals surface area (Å²) in [6.07, 6.45) is 0.833. The van der Waals surface area contributed by atoms with E-state index in [1.807, 2.05) is 0 Å². The van der Waals surface area contributed by atoms with E-state index >= 15 is 0 Å². The minimum Gasteiger partial charge on any atom is -0.477 e. The Hall–Kier alpha value is -1.04. The van der Waals surface area contributed by atoms with Crippen molar-refractivity contribution in [3.63, 3.8) is 0 Å². The minimum atomic E-state index is -0.221. The predicted molar refractivity (Wildman–Crippen MR) is 91.7 cm³/mol. The number of alkyl halides is 1. The van der Waals surface area contributed by atoms with Gasteiger partial charge in [0.2, 0.25) is 11.7 Å². The van der Waals surface area contributed by atoms with Gasteiger partial charge in [-0.3, -0.25) is 4.79 Å². The molecule has 0 saturated heterocycles. The fourth-order valence-electron chi connectivity index (χ4n) is 2.10. The highest BCUT2D eigenvalue weighted by Gasteiger charge is 2.24. The van der Waals surface area contributed by atoms with Gasteiger partial charge in [-0.15, -0.1) is 0 Å². The number of benzene rings is 1. The monoisotopic (exact) mass is 404 g/mol. The fraction of sp³-hybridized carbons (Fsp3) is 0.333. The van der Waals surface area contributed by atoms with Crippen molar-refractivity contribution in [2.45, 2.75) is 13.3 Å². The molecule has 22 heavy (non-hydrogen) atoms. The molecule has 7 heteroatoms. The summed E-state index contributed by atoms with van der Waals surface area (Å²) in [4.78, 5) is 12.8. The van der Waals surface area contributed by atoms with E-state index in [1.165, 1.54) is 0 Å². The van der Waals surface area contributed by atoms with Gasteiger partial charge in [-0.2, -0.15) is 5.10 Å². The Balaban J connectivity index is 2.40. The first-order chi connectivity index (χ1) is 10.5. The molecule has 2 rings (SSSR count). The topological polar surface area (TPSA) is 44.1 Å². The van der Waals surface area contributed by atoms with E-state index < -0.39 is 0 Å². The minimum absolute atomic E-state index is 0.221. The van der Waals surface area contributed by atoms with Crippen LogP contribution in [-0.4, -0.2) is 27.5 Å². The van der Waals surface area contributed by atoms with Crippen LogP contribution in [0.5, 0.6) is 5.88 Å². The number of hydrogen-bond donors (Lipinski definition) is 0. The molecular formula is C15H15BrCl2N2O2. The first-order valence-corrected chi connectivity index (χ1v) is 8.55. The molecule has 2 aromatic rings. The van der Waals surface area contributed by atoms with Crippen molar-refractivity contribution in [1.29, 1.82) is 0 Å². The van der Waals surface area contributed by atoms with Gasteiger partial charge in [0.1, 0.15) is 5.56 Å². The molecule has 0 aliphatic heterocycles. The average molecular weight is 406 g/mol. The summed E-state index contributed by atoms with van der Waals surface area (Å²) in [5, 5.41) is 5.90. The van der Waals surface area contributed by atoms with E-state index in [0.717, 1.165) is 11.8 Å². The maximum atomic E-state index is 12.8.